The summed E-state index contributed by atoms with van der Waals surface area (Å²) in [5.74, 6) is 0. The van der Waals surface area contributed by atoms with E-state index in [-0.39, 0.29) is 29.6 Å². The number of hydrogen-bond donors (Lipinski definition) is 0. The average molecular weight is 471 g/mol. The molecule has 3 rings (SSSR count). The molecule has 0 N–H and O–H groups in total. The van der Waals surface area contributed by atoms with Crippen LogP contribution in [0.4, 0.5) is 11.4 Å². The standard InChI is InChI=1S/C31H47N2.Na/c1-2-3-4-5-6-7-8-9-10-11-12-13-14-15-19-26-31-32-29-24-20-21-25-30(29)33(31)27-28-22-17-16-18-23-28;/h16-18,20-25,31H,2-15,19,26-27H2,1H3;/q-1;+1. The van der Waals surface area contributed by atoms with Crippen LogP contribution in [-0.4, -0.2) is 6.17 Å². The fraction of sp³-hybridized carbons (Fsp3) is 0.613. The summed E-state index contributed by atoms with van der Waals surface area (Å²) in [6, 6.07) is 19.5. The number of unbranched alkanes of at least 4 members (excludes halogenated alkanes) is 14. The van der Waals surface area contributed by atoms with Crippen molar-refractivity contribution in [2.75, 3.05) is 4.90 Å². The molecule has 0 amide bonds. The molecule has 182 valence electrons. The summed E-state index contributed by atoms with van der Waals surface area (Å²) in [6.07, 6.45) is 22.7. The molecule has 0 aliphatic carbocycles. The van der Waals surface area contributed by atoms with Crippen molar-refractivity contribution in [2.24, 2.45) is 0 Å². The zero-order valence-corrected chi connectivity index (χ0v) is 24.2. The summed E-state index contributed by atoms with van der Waals surface area (Å²) in [4.78, 5) is 2.51. The minimum Gasteiger partial charge on any atom is -0.664 e. The van der Waals surface area contributed by atoms with Gasteiger partial charge in [-0.3, -0.25) is 0 Å². The maximum atomic E-state index is 5.06. The molecular weight excluding hydrogens is 423 g/mol. The smallest absolute Gasteiger partial charge is 0.664 e. The fourth-order valence-corrected chi connectivity index (χ4v) is 5.10. The number of para-hydroxylation sites is 2. The molecule has 0 bridgehead atoms. The third kappa shape index (κ3) is 10.8. The summed E-state index contributed by atoms with van der Waals surface area (Å²) in [5.41, 5.74) is 3.83. The second kappa shape index (κ2) is 18.3. The molecule has 1 atom stereocenters. The van der Waals surface area contributed by atoms with Crippen LogP contribution in [0.5, 0.6) is 0 Å². The van der Waals surface area contributed by atoms with E-state index in [0.717, 1.165) is 6.54 Å². The molecule has 0 fully saturated rings. The summed E-state index contributed by atoms with van der Waals surface area (Å²) < 4.78 is 0. The Kier molecular flexibility index (Phi) is 15.8. The molecule has 3 heteroatoms. The van der Waals surface area contributed by atoms with E-state index in [1.54, 1.807) is 0 Å². The first-order valence-corrected chi connectivity index (χ1v) is 14.0. The van der Waals surface area contributed by atoms with Gasteiger partial charge in [-0.2, -0.15) is 0 Å². The minimum atomic E-state index is 0. The fourth-order valence-electron chi connectivity index (χ4n) is 5.10. The number of anilines is 1. The molecule has 0 saturated heterocycles. The molecule has 0 spiro atoms. The van der Waals surface area contributed by atoms with Crippen LogP contribution in [0.15, 0.2) is 54.6 Å². The molecule has 2 nitrogen and oxygen atoms in total. The van der Waals surface area contributed by atoms with E-state index in [2.05, 4.69) is 66.4 Å². The maximum Gasteiger partial charge on any atom is 1.00 e. The van der Waals surface area contributed by atoms with Gasteiger partial charge in [-0.1, -0.05) is 152 Å². The van der Waals surface area contributed by atoms with E-state index >= 15 is 0 Å². The van der Waals surface area contributed by atoms with Gasteiger partial charge in [0.15, 0.2) is 0 Å². The normalized spacial score (nSPS) is 14.5. The van der Waals surface area contributed by atoms with Crippen LogP contribution < -0.4 is 34.5 Å². The van der Waals surface area contributed by atoms with Crippen molar-refractivity contribution in [3.05, 3.63) is 65.5 Å². The third-order valence-electron chi connectivity index (χ3n) is 7.10. The number of hydrogen-bond acceptors (Lipinski definition) is 1. The van der Waals surface area contributed by atoms with Gasteiger partial charge in [0.2, 0.25) is 0 Å². The predicted molar refractivity (Wildman–Crippen MR) is 145 cm³/mol. The Morgan fingerprint density at radius 3 is 1.71 bits per heavy atom. The van der Waals surface area contributed by atoms with Crippen molar-refractivity contribution in [3.8, 4) is 0 Å². The zero-order valence-electron chi connectivity index (χ0n) is 22.2. The number of benzene rings is 2. The Balaban J connectivity index is 0.00000408. The first-order valence-electron chi connectivity index (χ1n) is 14.0. The molecule has 34 heavy (non-hydrogen) atoms. The van der Waals surface area contributed by atoms with E-state index in [4.69, 9.17) is 5.32 Å². The Morgan fingerprint density at radius 2 is 1.12 bits per heavy atom. The molecule has 1 unspecified atom stereocenters. The summed E-state index contributed by atoms with van der Waals surface area (Å²) in [5, 5.41) is 5.06. The molecule has 1 aliphatic heterocycles. The summed E-state index contributed by atoms with van der Waals surface area (Å²) in [7, 11) is 0. The van der Waals surface area contributed by atoms with Crippen LogP contribution in [0.3, 0.4) is 0 Å². The van der Waals surface area contributed by atoms with E-state index in [0.29, 0.717) is 6.17 Å². The van der Waals surface area contributed by atoms with Gasteiger partial charge in [-0.05, 0) is 24.2 Å². The van der Waals surface area contributed by atoms with Crippen LogP contribution in [0, 0.1) is 0 Å². The summed E-state index contributed by atoms with van der Waals surface area (Å²) in [6.45, 7) is 3.25. The minimum absolute atomic E-state index is 0. The largest absolute Gasteiger partial charge is 1.00 e. The van der Waals surface area contributed by atoms with Gasteiger partial charge in [0, 0.05) is 12.2 Å². The average Bonchev–Trinajstić information content (AvgIpc) is 3.19. The Morgan fingerprint density at radius 1 is 0.618 bits per heavy atom. The molecule has 0 aromatic heterocycles. The monoisotopic (exact) mass is 470 g/mol. The first-order chi connectivity index (χ1) is 16.4. The van der Waals surface area contributed by atoms with Gasteiger partial charge in [-0.15, -0.1) is 5.69 Å². The predicted octanol–water partition coefficient (Wildman–Crippen LogP) is 7.30. The molecule has 0 radical (unpaired) electrons. The quantitative estimate of drug-likeness (QED) is 0.165. The van der Waals surface area contributed by atoms with Crippen molar-refractivity contribution in [1.82, 2.24) is 0 Å². The summed E-state index contributed by atoms with van der Waals surface area (Å²) >= 11 is 0. The molecule has 2 aromatic carbocycles. The molecule has 1 aliphatic rings. The van der Waals surface area contributed by atoms with E-state index in [1.165, 1.54) is 120 Å². The molecule has 0 saturated carbocycles. The van der Waals surface area contributed by atoms with Gasteiger partial charge in [0.25, 0.3) is 0 Å². The van der Waals surface area contributed by atoms with Crippen molar-refractivity contribution in [3.63, 3.8) is 0 Å². The van der Waals surface area contributed by atoms with Crippen LogP contribution in [0.2, 0.25) is 0 Å². The van der Waals surface area contributed by atoms with Crippen molar-refractivity contribution in [2.45, 2.75) is 122 Å². The van der Waals surface area contributed by atoms with Gasteiger partial charge < -0.3 is 10.2 Å². The first kappa shape index (κ1) is 29.3. The van der Waals surface area contributed by atoms with Gasteiger partial charge >= 0.3 is 29.6 Å². The van der Waals surface area contributed by atoms with Crippen LogP contribution in [-0.2, 0) is 6.54 Å². The van der Waals surface area contributed by atoms with E-state index in [9.17, 15) is 0 Å². The second-order valence-electron chi connectivity index (χ2n) is 9.95. The SMILES string of the molecule is CCCCCCCCCCCCCCCCCC1[N-]c2ccccc2N1Cc1ccccc1.[Na+]. The van der Waals surface area contributed by atoms with Crippen molar-refractivity contribution >= 4 is 11.4 Å². The van der Waals surface area contributed by atoms with Gasteiger partial charge in [0.1, 0.15) is 0 Å². The Hall–Kier alpha value is -0.960. The Labute approximate surface area is 232 Å². The third-order valence-corrected chi connectivity index (χ3v) is 7.10. The number of rotatable bonds is 18. The molecule has 2 aromatic rings. The van der Waals surface area contributed by atoms with Gasteiger partial charge in [0.05, 0.1) is 0 Å². The van der Waals surface area contributed by atoms with E-state index in [1.807, 2.05) is 0 Å². The van der Waals surface area contributed by atoms with E-state index < -0.39 is 0 Å². The zero-order chi connectivity index (χ0) is 23.0. The van der Waals surface area contributed by atoms with Crippen molar-refractivity contribution < 1.29 is 29.6 Å². The van der Waals surface area contributed by atoms with Crippen LogP contribution >= 0.6 is 0 Å². The van der Waals surface area contributed by atoms with Gasteiger partial charge in [-0.25, -0.2) is 0 Å². The maximum absolute atomic E-state index is 5.06. The van der Waals surface area contributed by atoms with Crippen LogP contribution in [0.25, 0.3) is 5.32 Å². The number of fused-ring (bicyclic) bond motifs is 1. The molecular formula is C31H47N2Na. The number of nitrogens with zero attached hydrogens (tertiary/aromatic N) is 2. The van der Waals surface area contributed by atoms with Crippen LogP contribution in [0.1, 0.15) is 115 Å². The van der Waals surface area contributed by atoms with Crippen molar-refractivity contribution in [1.29, 1.82) is 0 Å². The second-order valence-corrected chi connectivity index (χ2v) is 9.95. The Bertz CT molecular complexity index is 748. The topological polar surface area (TPSA) is 17.3 Å². The molecule has 1 heterocycles.